The first-order chi connectivity index (χ1) is 9.65. The number of carbonyl (C=O) groups excluding carboxylic acids is 1. The molecule has 21 heavy (non-hydrogen) atoms. The van der Waals surface area contributed by atoms with Crippen LogP contribution in [0.4, 0.5) is 4.39 Å². The van der Waals surface area contributed by atoms with Crippen LogP contribution in [0.2, 0.25) is 0 Å². The molecule has 0 aliphatic heterocycles. The summed E-state index contributed by atoms with van der Waals surface area (Å²) in [6.45, 7) is 0.152. The molecule has 110 valence electrons. The van der Waals surface area contributed by atoms with Gasteiger partial charge in [-0.1, -0.05) is 22.0 Å². The second-order valence-electron chi connectivity index (χ2n) is 4.01. The fourth-order valence-corrected chi connectivity index (χ4v) is 1.91. The molecule has 2 rings (SSSR count). The molecule has 0 fully saturated rings. The highest BCUT2D eigenvalue weighted by atomic mass is 79.9. The summed E-state index contributed by atoms with van der Waals surface area (Å²) in [6.07, 6.45) is 4.82. The van der Waals surface area contributed by atoms with Crippen molar-refractivity contribution < 1.29 is 26.2 Å². The van der Waals surface area contributed by atoms with Gasteiger partial charge in [-0.2, -0.15) is 9.67 Å². The van der Waals surface area contributed by atoms with Gasteiger partial charge in [-0.05, 0) is 18.2 Å². The van der Waals surface area contributed by atoms with Gasteiger partial charge in [0, 0.05) is 22.2 Å². The number of benzene rings is 1. The van der Waals surface area contributed by atoms with Crippen molar-refractivity contribution in [3.63, 3.8) is 0 Å². The third-order valence-electron chi connectivity index (χ3n) is 2.45. The molecule has 0 spiro atoms. The maximum Gasteiger partial charge on any atom is 0.305 e. The molecule has 1 aromatic heterocycles. The molecule has 0 radical (unpaired) electrons. The summed E-state index contributed by atoms with van der Waals surface area (Å²) in [5, 5.41) is 3.74. The van der Waals surface area contributed by atoms with Crippen molar-refractivity contribution >= 4 is 28.1 Å². The average molecular weight is 373 g/mol. The van der Waals surface area contributed by atoms with Gasteiger partial charge in [-0.3, -0.25) is 4.79 Å². The van der Waals surface area contributed by atoms with Gasteiger partial charge in [0.05, 0.1) is 6.21 Å². The van der Waals surface area contributed by atoms with Crippen LogP contribution >= 0.6 is 15.9 Å². The van der Waals surface area contributed by atoms with E-state index in [-0.39, 0.29) is 24.9 Å². The summed E-state index contributed by atoms with van der Waals surface area (Å²) in [5.41, 5.74) is 2.65. The van der Waals surface area contributed by atoms with Gasteiger partial charge in [-0.25, -0.2) is 9.82 Å². The van der Waals surface area contributed by atoms with Gasteiger partial charge in [0.1, 0.15) is 5.82 Å². The Kier molecular flexibility index (Phi) is 6.98. The van der Waals surface area contributed by atoms with E-state index in [9.17, 15) is 9.18 Å². The number of hydrogen-bond donors (Lipinski definition) is 1. The number of hydrogen-bond acceptors (Lipinski definition) is 2. The minimum absolute atomic E-state index is 0. The van der Waals surface area contributed by atoms with Gasteiger partial charge in [0.25, 0.3) is 0 Å². The van der Waals surface area contributed by atoms with Crippen molar-refractivity contribution in [1.82, 2.24) is 5.43 Å². The summed E-state index contributed by atoms with van der Waals surface area (Å²) in [7, 11) is 0. The first-order valence-electron chi connectivity index (χ1n) is 5.86. The van der Waals surface area contributed by atoms with Crippen molar-refractivity contribution in [3.8, 4) is 0 Å². The Morgan fingerprint density at radius 1 is 1.33 bits per heavy atom. The van der Waals surface area contributed by atoms with Gasteiger partial charge < -0.3 is 12.4 Å². The number of halogens is 3. The number of amides is 1. The standard InChI is InChI=1S/C14H11BrFN3O.ClH/c15-12-4-5-13(16)11(8-12)9-17-18-14(20)10-19-6-2-1-3-7-19;/h1-9H,10H2;1H. The molecular weight excluding hydrogens is 361 g/mol. The Morgan fingerprint density at radius 2 is 2.05 bits per heavy atom. The lowest BCUT2D eigenvalue weighted by Gasteiger charge is -1.98. The molecule has 7 heteroatoms. The fourth-order valence-electron chi connectivity index (χ4n) is 1.53. The zero-order valence-corrected chi connectivity index (χ0v) is 13.2. The smallest absolute Gasteiger partial charge is 0.305 e. The monoisotopic (exact) mass is 371 g/mol. The van der Waals surface area contributed by atoms with Crippen LogP contribution in [0.25, 0.3) is 0 Å². The zero-order valence-electron chi connectivity index (χ0n) is 10.8. The fraction of sp³-hybridized carbons (Fsp3) is 0.0714. The van der Waals surface area contributed by atoms with Crippen LogP contribution in [0, 0.1) is 5.82 Å². The van der Waals surface area contributed by atoms with Crippen LogP contribution in [0.5, 0.6) is 0 Å². The van der Waals surface area contributed by atoms with Crippen LogP contribution in [-0.4, -0.2) is 12.1 Å². The van der Waals surface area contributed by atoms with Crippen LogP contribution in [0.3, 0.4) is 0 Å². The van der Waals surface area contributed by atoms with Gasteiger partial charge >= 0.3 is 5.91 Å². The zero-order chi connectivity index (χ0) is 14.4. The molecule has 2 aromatic rings. The Morgan fingerprint density at radius 3 is 2.76 bits per heavy atom. The third-order valence-corrected chi connectivity index (χ3v) is 2.95. The van der Waals surface area contributed by atoms with E-state index in [2.05, 4.69) is 26.5 Å². The van der Waals surface area contributed by atoms with Crippen molar-refractivity contribution in [2.45, 2.75) is 6.54 Å². The Hall–Kier alpha value is -1.79. The second kappa shape index (κ2) is 8.49. The molecule has 0 aliphatic rings. The molecule has 1 heterocycles. The molecule has 0 saturated heterocycles. The van der Waals surface area contributed by atoms with E-state index in [4.69, 9.17) is 0 Å². The maximum absolute atomic E-state index is 13.4. The molecule has 0 unspecified atom stereocenters. The molecular formula is C14H12BrClFN3O. The molecule has 0 aliphatic carbocycles. The lowest BCUT2D eigenvalue weighted by molar-refractivity contribution is -0.684. The number of nitrogens with one attached hydrogen (secondary N) is 1. The highest BCUT2D eigenvalue weighted by Gasteiger charge is 2.06. The number of pyridine rings is 1. The molecule has 0 bridgehead atoms. The van der Waals surface area contributed by atoms with Crippen LogP contribution in [0.15, 0.2) is 58.4 Å². The van der Waals surface area contributed by atoms with E-state index in [0.717, 1.165) is 4.47 Å². The summed E-state index contributed by atoms with van der Waals surface area (Å²) in [6, 6.07) is 10.0. The number of aromatic nitrogens is 1. The van der Waals surface area contributed by atoms with Crippen molar-refractivity contribution in [2.75, 3.05) is 0 Å². The maximum atomic E-state index is 13.4. The van der Waals surface area contributed by atoms with E-state index in [1.807, 2.05) is 18.2 Å². The third kappa shape index (κ3) is 5.61. The Bertz CT molecular complexity index is 637. The van der Waals surface area contributed by atoms with E-state index < -0.39 is 5.82 Å². The number of hydrazone groups is 1. The van der Waals surface area contributed by atoms with Gasteiger partial charge in [0.2, 0.25) is 6.54 Å². The number of carbonyl (C=O) groups is 1. The molecule has 1 amide bonds. The predicted molar refractivity (Wildman–Crippen MR) is 76.5 cm³/mol. The van der Waals surface area contributed by atoms with E-state index in [1.165, 1.54) is 12.3 Å². The average Bonchev–Trinajstić information content (AvgIpc) is 2.44. The normalized spacial score (nSPS) is 10.2. The molecule has 0 saturated carbocycles. The topological polar surface area (TPSA) is 45.3 Å². The van der Waals surface area contributed by atoms with E-state index in [1.54, 1.807) is 29.1 Å². The highest BCUT2D eigenvalue weighted by Crippen LogP contribution is 2.13. The van der Waals surface area contributed by atoms with E-state index >= 15 is 0 Å². The van der Waals surface area contributed by atoms with Crippen LogP contribution < -0.4 is 22.4 Å². The van der Waals surface area contributed by atoms with E-state index in [0.29, 0.717) is 5.56 Å². The number of nitrogens with zero attached hydrogens (tertiary/aromatic N) is 2. The van der Waals surface area contributed by atoms with Crippen molar-refractivity contribution in [2.24, 2.45) is 5.10 Å². The first-order valence-corrected chi connectivity index (χ1v) is 6.65. The van der Waals surface area contributed by atoms with Crippen LogP contribution in [0.1, 0.15) is 5.56 Å². The van der Waals surface area contributed by atoms with Crippen molar-refractivity contribution in [1.29, 1.82) is 0 Å². The summed E-state index contributed by atoms with van der Waals surface area (Å²) in [5.74, 6) is -0.684. The minimum atomic E-state index is -0.399. The molecule has 1 N–H and O–H groups in total. The summed E-state index contributed by atoms with van der Waals surface area (Å²) < 4.78 is 15.9. The summed E-state index contributed by atoms with van der Waals surface area (Å²) >= 11 is 3.24. The molecule has 4 nitrogen and oxygen atoms in total. The minimum Gasteiger partial charge on any atom is -1.00 e. The van der Waals surface area contributed by atoms with Crippen LogP contribution in [-0.2, 0) is 11.3 Å². The highest BCUT2D eigenvalue weighted by molar-refractivity contribution is 9.10. The largest absolute Gasteiger partial charge is 1.00 e. The quantitative estimate of drug-likeness (QED) is 0.419. The van der Waals surface area contributed by atoms with Gasteiger partial charge in [0.15, 0.2) is 12.4 Å². The Labute approximate surface area is 136 Å². The number of rotatable bonds is 4. The second-order valence-corrected chi connectivity index (χ2v) is 4.92. The molecule has 1 aromatic carbocycles. The first kappa shape index (κ1) is 17.3. The van der Waals surface area contributed by atoms with Crippen molar-refractivity contribution in [3.05, 3.63) is 64.6 Å². The lowest BCUT2D eigenvalue weighted by Crippen LogP contribution is -3.00. The SMILES string of the molecule is O=C(C[n+]1ccccc1)NN=Cc1cc(Br)ccc1F.[Cl-]. The predicted octanol–water partition coefficient (Wildman–Crippen LogP) is -0.970. The molecule has 0 atom stereocenters. The van der Waals surface area contributed by atoms with Gasteiger partial charge in [-0.15, -0.1) is 0 Å². The summed E-state index contributed by atoms with van der Waals surface area (Å²) in [4.78, 5) is 11.6. The lowest BCUT2D eigenvalue weighted by atomic mass is 10.2. The Balaban J connectivity index is 0.00000220.